The number of nitro benzene ring substituents is 1. The lowest BCUT2D eigenvalue weighted by molar-refractivity contribution is -0.384. The molecular weight excluding hydrogens is 247 g/mol. The molecule has 0 saturated heterocycles. The molecular formula is C14H19FN2O2. The van der Waals surface area contributed by atoms with Crippen LogP contribution in [0.15, 0.2) is 18.2 Å². The van der Waals surface area contributed by atoms with Crippen LogP contribution in [0.25, 0.3) is 0 Å². The predicted molar refractivity (Wildman–Crippen MR) is 72.7 cm³/mol. The number of hydrogen-bond acceptors (Lipinski definition) is 3. The average Bonchev–Trinajstić information content (AvgIpc) is 2.39. The fraction of sp³-hybridized carbons (Fsp3) is 0.571. The van der Waals surface area contributed by atoms with E-state index in [1.165, 1.54) is 25.0 Å². The third-order valence-corrected chi connectivity index (χ3v) is 3.87. The Kier molecular flexibility index (Phi) is 4.35. The van der Waals surface area contributed by atoms with Gasteiger partial charge in [-0.2, -0.15) is 0 Å². The molecule has 19 heavy (non-hydrogen) atoms. The van der Waals surface area contributed by atoms with Crippen LogP contribution in [-0.4, -0.2) is 11.5 Å². The van der Waals surface area contributed by atoms with Gasteiger partial charge in [0.05, 0.1) is 11.0 Å². The first kappa shape index (κ1) is 13.8. The molecule has 0 unspecified atom stereocenters. The number of halogens is 1. The lowest BCUT2D eigenvalue weighted by Crippen LogP contribution is -2.20. The van der Waals surface area contributed by atoms with Crippen molar-refractivity contribution in [3.63, 3.8) is 0 Å². The van der Waals surface area contributed by atoms with Crippen molar-refractivity contribution >= 4 is 11.4 Å². The summed E-state index contributed by atoms with van der Waals surface area (Å²) >= 11 is 0. The highest BCUT2D eigenvalue weighted by molar-refractivity contribution is 5.61. The zero-order valence-corrected chi connectivity index (χ0v) is 11.1. The Labute approximate surface area is 112 Å². The first-order valence-corrected chi connectivity index (χ1v) is 6.74. The van der Waals surface area contributed by atoms with Gasteiger partial charge < -0.3 is 5.32 Å². The van der Waals surface area contributed by atoms with Crippen molar-refractivity contribution in [2.75, 3.05) is 11.9 Å². The fourth-order valence-corrected chi connectivity index (χ4v) is 2.59. The Morgan fingerprint density at radius 2 is 2.05 bits per heavy atom. The highest BCUT2D eigenvalue weighted by Crippen LogP contribution is 2.30. The van der Waals surface area contributed by atoms with E-state index in [1.807, 2.05) is 0 Å². The third kappa shape index (κ3) is 3.66. The van der Waals surface area contributed by atoms with Crippen LogP contribution in [0.5, 0.6) is 0 Å². The van der Waals surface area contributed by atoms with E-state index < -0.39 is 10.7 Å². The first-order chi connectivity index (χ1) is 9.06. The standard InChI is InChI=1S/C14H19FN2O2/c1-10-2-4-11(5-3-10)9-16-13-7-6-12(15)8-14(13)17(18)19/h6-8,10-11,16H,2-5,9H2,1H3. The second-order valence-electron chi connectivity index (χ2n) is 5.43. The topological polar surface area (TPSA) is 55.2 Å². The summed E-state index contributed by atoms with van der Waals surface area (Å²) in [5.74, 6) is 0.765. The molecule has 0 spiro atoms. The molecule has 0 radical (unpaired) electrons. The maximum atomic E-state index is 13.0. The second kappa shape index (κ2) is 5.99. The summed E-state index contributed by atoms with van der Waals surface area (Å²) in [6.45, 7) is 2.98. The van der Waals surface area contributed by atoms with E-state index >= 15 is 0 Å². The van der Waals surface area contributed by atoms with Crippen LogP contribution in [0.4, 0.5) is 15.8 Å². The molecule has 1 fully saturated rings. The van der Waals surface area contributed by atoms with Gasteiger partial charge in [0.15, 0.2) is 0 Å². The van der Waals surface area contributed by atoms with Crippen LogP contribution < -0.4 is 5.32 Å². The molecule has 2 rings (SSSR count). The van der Waals surface area contributed by atoms with Crippen LogP contribution in [-0.2, 0) is 0 Å². The third-order valence-electron chi connectivity index (χ3n) is 3.87. The highest BCUT2D eigenvalue weighted by Gasteiger charge is 2.20. The highest BCUT2D eigenvalue weighted by atomic mass is 19.1. The number of hydrogen-bond donors (Lipinski definition) is 1. The van der Waals surface area contributed by atoms with E-state index in [9.17, 15) is 14.5 Å². The molecule has 4 nitrogen and oxygen atoms in total. The maximum Gasteiger partial charge on any atom is 0.295 e. The van der Waals surface area contributed by atoms with Gasteiger partial charge in [-0.3, -0.25) is 10.1 Å². The predicted octanol–water partition coefficient (Wildman–Crippen LogP) is 3.97. The number of nitro groups is 1. The van der Waals surface area contributed by atoms with Gasteiger partial charge in [0.2, 0.25) is 0 Å². The molecule has 0 heterocycles. The van der Waals surface area contributed by atoms with Gasteiger partial charge in [0.1, 0.15) is 11.5 Å². The van der Waals surface area contributed by atoms with Gasteiger partial charge in [-0.05, 0) is 36.8 Å². The van der Waals surface area contributed by atoms with Crippen LogP contribution in [0, 0.1) is 27.8 Å². The molecule has 1 aromatic rings. The Balaban J connectivity index is 1.97. The van der Waals surface area contributed by atoms with E-state index in [2.05, 4.69) is 12.2 Å². The van der Waals surface area contributed by atoms with Crippen molar-refractivity contribution in [3.8, 4) is 0 Å². The smallest absolute Gasteiger partial charge is 0.295 e. The van der Waals surface area contributed by atoms with Gasteiger partial charge in [0.25, 0.3) is 5.69 Å². The average molecular weight is 266 g/mol. The molecule has 0 aliphatic heterocycles. The fourth-order valence-electron chi connectivity index (χ4n) is 2.59. The zero-order chi connectivity index (χ0) is 13.8. The molecule has 1 aliphatic carbocycles. The minimum atomic E-state index is -0.580. The Bertz CT molecular complexity index is 457. The van der Waals surface area contributed by atoms with Crippen LogP contribution in [0.3, 0.4) is 0 Å². The summed E-state index contributed by atoms with van der Waals surface area (Å²) < 4.78 is 13.0. The van der Waals surface area contributed by atoms with E-state index in [1.54, 1.807) is 0 Å². The minimum absolute atomic E-state index is 0.191. The van der Waals surface area contributed by atoms with Crippen molar-refractivity contribution in [3.05, 3.63) is 34.1 Å². The number of anilines is 1. The van der Waals surface area contributed by atoms with Crippen molar-refractivity contribution < 1.29 is 9.31 Å². The summed E-state index contributed by atoms with van der Waals surface area (Å²) in [5.41, 5.74) is 0.217. The normalized spacial score (nSPS) is 23.1. The van der Waals surface area contributed by atoms with E-state index in [-0.39, 0.29) is 5.69 Å². The van der Waals surface area contributed by atoms with Crippen molar-refractivity contribution in [2.24, 2.45) is 11.8 Å². The summed E-state index contributed by atoms with van der Waals surface area (Å²) in [7, 11) is 0. The van der Waals surface area contributed by atoms with Crippen LogP contribution in [0.1, 0.15) is 32.6 Å². The number of nitrogens with zero attached hydrogens (tertiary/aromatic N) is 1. The Hall–Kier alpha value is -1.65. The summed E-state index contributed by atoms with van der Waals surface area (Å²) in [4.78, 5) is 10.3. The zero-order valence-electron chi connectivity index (χ0n) is 11.1. The molecule has 104 valence electrons. The number of benzene rings is 1. The maximum absolute atomic E-state index is 13.0. The molecule has 1 aromatic carbocycles. The van der Waals surface area contributed by atoms with E-state index in [4.69, 9.17) is 0 Å². The van der Waals surface area contributed by atoms with E-state index in [0.717, 1.165) is 31.4 Å². The quantitative estimate of drug-likeness (QED) is 0.662. The van der Waals surface area contributed by atoms with Gasteiger partial charge in [-0.1, -0.05) is 19.8 Å². The lowest BCUT2D eigenvalue weighted by Gasteiger charge is -2.26. The molecule has 0 aromatic heterocycles. The molecule has 0 amide bonds. The first-order valence-electron chi connectivity index (χ1n) is 6.74. The second-order valence-corrected chi connectivity index (χ2v) is 5.43. The summed E-state index contributed by atoms with van der Waals surface area (Å²) in [5, 5.41) is 14.0. The monoisotopic (exact) mass is 266 g/mol. The summed E-state index contributed by atoms with van der Waals surface area (Å²) in [6, 6.07) is 3.66. The Morgan fingerprint density at radius 3 is 2.68 bits per heavy atom. The SMILES string of the molecule is CC1CCC(CNc2ccc(F)cc2[N+](=O)[O-])CC1. The van der Waals surface area contributed by atoms with Crippen LogP contribution >= 0.6 is 0 Å². The molecule has 1 saturated carbocycles. The lowest BCUT2D eigenvalue weighted by atomic mass is 9.83. The molecule has 0 atom stereocenters. The van der Waals surface area contributed by atoms with Crippen molar-refractivity contribution in [1.29, 1.82) is 0 Å². The minimum Gasteiger partial charge on any atom is -0.379 e. The molecule has 0 bridgehead atoms. The largest absolute Gasteiger partial charge is 0.379 e. The van der Waals surface area contributed by atoms with E-state index in [0.29, 0.717) is 11.6 Å². The Morgan fingerprint density at radius 1 is 1.37 bits per heavy atom. The molecule has 1 N–H and O–H groups in total. The van der Waals surface area contributed by atoms with Gasteiger partial charge in [-0.15, -0.1) is 0 Å². The van der Waals surface area contributed by atoms with Gasteiger partial charge in [0, 0.05) is 6.54 Å². The van der Waals surface area contributed by atoms with Crippen molar-refractivity contribution in [1.82, 2.24) is 0 Å². The van der Waals surface area contributed by atoms with Crippen LogP contribution in [0.2, 0.25) is 0 Å². The number of rotatable bonds is 4. The number of nitrogens with one attached hydrogen (secondary N) is 1. The van der Waals surface area contributed by atoms with Gasteiger partial charge >= 0.3 is 0 Å². The summed E-state index contributed by atoms with van der Waals surface area (Å²) in [6.07, 6.45) is 4.75. The molecule has 1 aliphatic rings. The van der Waals surface area contributed by atoms with Gasteiger partial charge in [-0.25, -0.2) is 4.39 Å². The van der Waals surface area contributed by atoms with Crippen molar-refractivity contribution in [2.45, 2.75) is 32.6 Å². The molecule has 5 heteroatoms.